The van der Waals surface area contributed by atoms with Gasteiger partial charge in [0.05, 0.1) is 6.42 Å². The van der Waals surface area contributed by atoms with E-state index in [-0.39, 0.29) is 18.4 Å². The number of nitrogens with two attached hydrogens (primary N) is 1. The van der Waals surface area contributed by atoms with Crippen LogP contribution in [-0.4, -0.2) is 23.0 Å². The van der Waals surface area contributed by atoms with Gasteiger partial charge in [0, 0.05) is 18.2 Å². The predicted octanol–water partition coefficient (Wildman–Crippen LogP) is 1.57. The SMILES string of the molecule is CCC(CC(=O)O)NC(=O)CCc1ccccc1N. The first-order valence-corrected chi connectivity index (χ1v) is 6.37. The average Bonchev–Trinajstić information content (AvgIpc) is 2.36. The van der Waals surface area contributed by atoms with Gasteiger partial charge in [-0.25, -0.2) is 0 Å². The fraction of sp³-hybridized carbons (Fsp3) is 0.429. The number of aryl methyl sites for hydroxylation is 1. The van der Waals surface area contributed by atoms with Crippen molar-refractivity contribution in [3.63, 3.8) is 0 Å². The normalized spacial score (nSPS) is 11.8. The van der Waals surface area contributed by atoms with E-state index in [9.17, 15) is 9.59 Å². The second-order valence-electron chi connectivity index (χ2n) is 4.47. The zero-order valence-electron chi connectivity index (χ0n) is 11.1. The molecule has 0 heterocycles. The minimum Gasteiger partial charge on any atom is -0.481 e. The number of carboxylic acid groups (broad SMARTS) is 1. The Kier molecular flexibility index (Phi) is 5.85. The number of benzene rings is 1. The van der Waals surface area contributed by atoms with E-state index in [1.165, 1.54) is 0 Å². The summed E-state index contributed by atoms with van der Waals surface area (Å²) >= 11 is 0. The van der Waals surface area contributed by atoms with Gasteiger partial charge in [-0.3, -0.25) is 9.59 Å². The monoisotopic (exact) mass is 264 g/mol. The lowest BCUT2D eigenvalue weighted by Gasteiger charge is -2.14. The summed E-state index contributed by atoms with van der Waals surface area (Å²) < 4.78 is 0. The van der Waals surface area contributed by atoms with Crippen molar-refractivity contribution in [3.05, 3.63) is 29.8 Å². The van der Waals surface area contributed by atoms with E-state index in [4.69, 9.17) is 10.8 Å². The Balaban J connectivity index is 2.43. The van der Waals surface area contributed by atoms with Gasteiger partial charge in [-0.15, -0.1) is 0 Å². The maximum absolute atomic E-state index is 11.7. The first-order valence-electron chi connectivity index (χ1n) is 6.37. The lowest BCUT2D eigenvalue weighted by molar-refractivity contribution is -0.137. The second-order valence-corrected chi connectivity index (χ2v) is 4.47. The number of anilines is 1. The van der Waals surface area contributed by atoms with Crippen molar-refractivity contribution in [2.24, 2.45) is 0 Å². The third kappa shape index (κ3) is 5.42. The molecule has 0 aromatic heterocycles. The van der Waals surface area contributed by atoms with Crippen LogP contribution in [0.2, 0.25) is 0 Å². The molecule has 0 saturated heterocycles. The predicted molar refractivity (Wildman–Crippen MR) is 73.6 cm³/mol. The molecular weight excluding hydrogens is 244 g/mol. The molecule has 104 valence electrons. The maximum atomic E-state index is 11.7. The quantitative estimate of drug-likeness (QED) is 0.652. The maximum Gasteiger partial charge on any atom is 0.305 e. The molecule has 0 saturated carbocycles. The molecule has 0 radical (unpaired) electrons. The number of carbonyl (C=O) groups is 2. The highest BCUT2D eigenvalue weighted by atomic mass is 16.4. The lowest BCUT2D eigenvalue weighted by atomic mass is 10.1. The molecule has 0 aliphatic heterocycles. The largest absolute Gasteiger partial charge is 0.481 e. The topological polar surface area (TPSA) is 92.4 Å². The fourth-order valence-electron chi connectivity index (χ4n) is 1.82. The summed E-state index contributed by atoms with van der Waals surface area (Å²) in [6.45, 7) is 1.85. The van der Waals surface area contributed by atoms with Crippen molar-refractivity contribution in [1.82, 2.24) is 5.32 Å². The van der Waals surface area contributed by atoms with Gasteiger partial charge < -0.3 is 16.2 Å². The van der Waals surface area contributed by atoms with E-state index in [1.807, 2.05) is 25.1 Å². The molecule has 19 heavy (non-hydrogen) atoms. The Bertz CT molecular complexity index is 446. The molecule has 1 rings (SSSR count). The Morgan fingerprint density at radius 3 is 2.63 bits per heavy atom. The summed E-state index contributed by atoms with van der Waals surface area (Å²) in [7, 11) is 0. The van der Waals surface area contributed by atoms with Crippen LogP contribution >= 0.6 is 0 Å². The van der Waals surface area contributed by atoms with Crippen LogP contribution in [0.15, 0.2) is 24.3 Å². The van der Waals surface area contributed by atoms with Gasteiger partial charge in [0.2, 0.25) is 5.91 Å². The van der Waals surface area contributed by atoms with E-state index in [0.29, 0.717) is 24.9 Å². The number of carboxylic acids is 1. The molecule has 1 aromatic carbocycles. The highest BCUT2D eigenvalue weighted by Crippen LogP contribution is 2.12. The van der Waals surface area contributed by atoms with E-state index in [0.717, 1.165) is 5.56 Å². The van der Waals surface area contributed by atoms with Gasteiger partial charge in [0.1, 0.15) is 0 Å². The summed E-state index contributed by atoms with van der Waals surface area (Å²) in [5.74, 6) is -1.05. The van der Waals surface area contributed by atoms with Crippen LogP contribution in [0, 0.1) is 0 Å². The lowest BCUT2D eigenvalue weighted by Crippen LogP contribution is -2.36. The van der Waals surface area contributed by atoms with Crippen LogP contribution in [0.3, 0.4) is 0 Å². The van der Waals surface area contributed by atoms with Crippen LogP contribution in [0.4, 0.5) is 5.69 Å². The van der Waals surface area contributed by atoms with Gasteiger partial charge in [-0.05, 0) is 24.5 Å². The van der Waals surface area contributed by atoms with Crippen LogP contribution < -0.4 is 11.1 Å². The molecule has 5 nitrogen and oxygen atoms in total. The second kappa shape index (κ2) is 7.41. The zero-order valence-corrected chi connectivity index (χ0v) is 11.1. The standard InChI is InChI=1S/C14H20N2O3/c1-2-11(9-14(18)19)16-13(17)8-7-10-5-3-4-6-12(10)15/h3-6,11H,2,7-9,15H2,1H3,(H,16,17)(H,18,19). The van der Waals surface area contributed by atoms with Crippen LogP contribution in [0.25, 0.3) is 0 Å². The van der Waals surface area contributed by atoms with Crippen LogP contribution in [0.1, 0.15) is 31.7 Å². The van der Waals surface area contributed by atoms with Crippen LogP contribution in [0.5, 0.6) is 0 Å². The van der Waals surface area contributed by atoms with Crippen molar-refractivity contribution in [2.75, 3.05) is 5.73 Å². The number of amides is 1. The van der Waals surface area contributed by atoms with Crippen molar-refractivity contribution >= 4 is 17.6 Å². The number of rotatable bonds is 7. The van der Waals surface area contributed by atoms with Crippen molar-refractivity contribution in [3.8, 4) is 0 Å². The average molecular weight is 264 g/mol. The third-order valence-electron chi connectivity index (χ3n) is 2.96. The van der Waals surface area contributed by atoms with E-state index < -0.39 is 5.97 Å². The molecule has 1 amide bonds. The van der Waals surface area contributed by atoms with E-state index in [2.05, 4.69) is 5.32 Å². The van der Waals surface area contributed by atoms with E-state index in [1.54, 1.807) is 6.07 Å². The number of hydrogen-bond acceptors (Lipinski definition) is 3. The summed E-state index contributed by atoms with van der Waals surface area (Å²) in [5, 5.41) is 11.4. The number of aliphatic carboxylic acids is 1. The Hall–Kier alpha value is -2.04. The molecular formula is C14H20N2O3. The Morgan fingerprint density at radius 1 is 1.37 bits per heavy atom. The molecule has 0 bridgehead atoms. The van der Waals surface area contributed by atoms with Crippen LogP contribution in [-0.2, 0) is 16.0 Å². The first kappa shape index (κ1) is 15.0. The highest BCUT2D eigenvalue weighted by Gasteiger charge is 2.14. The smallest absolute Gasteiger partial charge is 0.305 e. The number of hydrogen-bond donors (Lipinski definition) is 3. The van der Waals surface area contributed by atoms with E-state index >= 15 is 0 Å². The molecule has 1 unspecified atom stereocenters. The molecule has 0 spiro atoms. The number of nitrogens with one attached hydrogen (secondary N) is 1. The summed E-state index contributed by atoms with van der Waals surface area (Å²) in [5.41, 5.74) is 7.40. The summed E-state index contributed by atoms with van der Waals surface area (Å²) in [4.78, 5) is 22.3. The third-order valence-corrected chi connectivity index (χ3v) is 2.96. The summed E-state index contributed by atoms with van der Waals surface area (Å²) in [6.07, 6.45) is 1.42. The number of carbonyl (C=O) groups excluding carboxylic acids is 1. The molecule has 0 fully saturated rings. The van der Waals surface area contributed by atoms with Gasteiger partial charge in [-0.2, -0.15) is 0 Å². The van der Waals surface area contributed by atoms with Gasteiger partial charge in [0.25, 0.3) is 0 Å². The van der Waals surface area contributed by atoms with Crippen molar-refractivity contribution in [1.29, 1.82) is 0 Å². The summed E-state index contributed by atoms with van der Waals surface area (Å²) in [6, 6.07) is 7.10. The molecule has 1 aromatic rings. The Morgan fingerprint density at radius 2 is 2.05 bits per heavy atom. The van der Waals surface area contributed by atoms with Gasteiger partial charge in [0.15, 0.2) is 0 Å². The highest BCUT2D eigenvalue weighted by molar-refractivity contribution is 5.77. The Labute approximate surface area is 112 Å². The molecule has 5 heteroatoms. The zero-order chi connectivity index (χ0) is 14.3. The number of nitrogen functional groups attached to an aromatic ring is 1. The van der Waals surface area contributed by atoms with Crippen molar-refractivity contribution < 1.29 is 14.7 Å². The first-order chi connectivity index (χ1) is 9.02. The van der Waals surface area contributed by atoms with Gasteiger partial charge >= 0.3 is 5.97 Å². The minimum atomic E-state index is -0.903. The fourth-order valence-corrected chi connectivity index (χ4v) is 1.82. The molecule has 0 aliphatic rings. The molecule has 4 N–H and O–H groups in total. The van der Waals surface area contributed by atoms with Gasteiger partial charge in [-0.1, -0.05) is 25.1 Å². The number of para-hydroxylation sites is 1. The van der Waals surface area contributed by atoms with Crippen molar-refractivity contribution in [2.45, 2.75) is 38.6 Å². The minimum absolute atomic E-state index is 0.0459. The molecule has 1 atom stereocenters. The molecule has 0 aliphatic carbocycles.